The third-order valence-electron chi connectivity index (χ3n) is 3.29. The minimum atomic E-state index is 0.518. The molecule has 0 aromatic rings. The molecule has 1 heterocycles. The van der Waals surface area contributed by atoms with Crippen LogP contribution in [0.25, 0.3) is 0 Å². The van der Waals surface area contributed by atoms with E-state index in [1.807, 2.05) is 0 Å². The van der Waals surface area contributed by atoms with Crippen molar-refractivity contribution in [3.63, 3.8) is 0 Å². The second kappa shape index (κ2) is 9.43. The summed E-state index contributed by atoms with van der Waals surface area (Å²) in [6.45, 7) is 6.90. The summed E-state index contributed by atoms with van der Waals surface area (Å²) in [5, 5.41) is 0.963. The molecule has 0 unspecified atom stereocenters. The summed E-state index contributed by atoms with van der Waals surface area (Å²) >= 11 is 3.40. The monoisotopic (exact) mass is 291 g/mol. The predicted molar refractivity (Wildman–Crippen MR) is 73.4 cm³/mol. The minimum Gasteiger partial charge on any atom is -0.377 e. The topological polar surface area (TPSA) is 12.5 Å². The van der Waals surface area contributed by atoms with Gasteiger partial charge in [-0.05, 0) is 25.8 Å². The Kier molecular flexibility index (Phi) is 8.52. The van der Waals surface area contributed by atoms with Crippen LogP contribution in [0.2, 0.25) is 0 Å². The Labute approximate surface area is 109 Å². The van der Waals surface area contributed by atoms with E-state index in [1.54, 1.807) is 0 Å². The second-order valence-corrected chi connectivity index (χ2v) is 5.45. The molecule has 0 bridgehead atoms. The van der Waals surface area contributed by atoms with Crippen LogP contribution in [0.5, 0.6) is 0 Å². The number of likely N-dealkylation sites (tertiary alicyclic amines) is 1. The molecule has 16 heavy (non-hydrogen) atoms. The molecule has 1 aliphatic rings. The van der Waals surface area contributed by atoms with E-state index in [1.165, 1.54) is 58.2 Å². The zero-order valence-corrected chi connectivity index (χ0v) is 12.2. The third-order valence-corrected chi connectivity index (χ3v) is 3.62. The van der Waals surface area contributed by atoms with Crippen molar-refractivity contribution in [1.29, 1.82) is 0 Å². The number of halogens is 1. The minimum absolute atomic E-state index is 0.518. The van der Waals surface area contributed by atoms with Gasteiger partial charge in [0.2, 0.25) is 0 Å². The van der Waals surface area contributed by atoms with E-state index in [9.17, 15) is 0 Å². The van der Waals surface area contributed by atoms with Crippen molar-refractivity contribution in [3.05, 3.63) is 0 Å². The van der Waals surface area contributed by atoms with Gasteiger partial charge in [0, 0.05) is 18.4 Å². The van der Waals surface area contributed by atoms with Gasteiger partial charge < -0.3 is 9.64 Å². The zero-order chi connectivity index (χ0) is 11.6. The molecular formula is C13H26BrNO. The summed E-state index contributed by atoms with van der Waals surface area (Å²) < 4.78 is 5.75. The van der Waals surface area contributed by atoms with E-state index in [2.05, 4.69) is 27.8 Å². The molecule has 1 saturated heterocycles. The quantitative estimate of drug-likeness (QED) is 0.502. The van der Waals surface area contributed by atoms with E-state index >= 15 is 0 Å². The third kappa shape index (κ3) is 6.21. The SMILES string of the molecule is CCCCCCN1CCC(OCCBr)CC1. The molecule has 0 saturated carbocycles. The van der Waals surface area contributed by atoms with Crippen LogP contribution in [-0.2, 0) is 4.74 Å². The van der Waals surface area contributed by atoms with Crippen LogP contribution in [0.3, 0.4) is 0 Å². The summed E-state index contributed by atoms with van der Waals surface area (Å²) in [7, 11) is 0. The number of piperidine rings is 1. The highest BCUT2D eigenvalue weighted by Crippen LogP contribution is 2.14. The fraction of sp³-hybridized carbons (Fsp3) is 1.00. The van der Waals surface area contributed by atoms with Crippen LogP contribution in [0.1, 0.15) is 45.4 Å². The predicted octanol–water partition coefficient (Wildman–Crippen LogP) is 3.44. The van der Waals surface area contributed by atoms with Gasteiger partial charge in [-0.25, -0.2) is 0 Å². The normalized spacial score (nSPS) is 19.1. The molecule has 0 radical (unpaired) electrons. The first-order chi connectivity index (χ1) is 7.86. The fourth-order valence-electron chi connectivity index (χ4n) is 2.27. The van der Waals surface area contributed by atoms with Crippen LogP contribution < -0.4 is 0 Å². The summed E-state index contributed by atoms with van der Waals surface area (Å²) in [6.07, 6.45) is 8.47. The number of rotatable bonds is 8. The first-order valence-electron chi connectivity index (χ1n) is 6.76. The first kappa shape index (κ1) is 14.5. The average molecular weight is 292 g/mol. The maximum atomic E-state index is 5.75. The molecule has 0 aromatic carbocycles. The van der Waals surface area contributed by atoms with Gasteiger partial charge >= 0.3 is 0 Å². The largest absolute Gasteiger partial charge is 0.377 e. The van der Waals surface area contributed by atoms with Gasteiger partial charge in [0.15, 0.2) is 0 Å². The number of hydrogen-bond acceptors (Lipinski definition) is 2. The van der Waals surface area contributed by atoms with Gasteiger partial charge in [0.25, 0.3) is 0 Å². The van der Waals surface area contributed by atoms with Crippen LogP contribution in [0, 0.1) is 0 Å². The molecule has 1 fully saturated rings. The van der Waals surface area contributed by atoms with E-state index in [-0.39, 0.29) is 0 Å². The number of hydrogen-bond donors (Lipinski definition) is 0. The van der Waals surface area contributed by atoms with Crippen molar-refractivity contribution in [3.8, 4) is 0 Å². The molecule has 2 nitrogen and oxygen atoms in total. The Morgan fingerprint density at radius 2 is 1.94 bits per heavy atom. The lowest BCUT2D eigenvalue weighted by atomic mass is 10.1. The molecule has 96 valence electrons. The first-order valence-corrected chi connectivity index (χ1v) is 7.89. The van der Waals surface area contributed by atoms with Gasteiger partial charge in [-0.1, -0.05) is 42.1 Å². The highest BCUT2D eigenvalue weighted by Gasteiger charge is 2.18. The van der Waals surface area contributed by atoms with Gasteiger partial charge in [0.1, 0.15) is 0 Å². The molecule has 0 aliphatic carbocycles. The Bertz CT molecular complexity index is 158. The Balaban J connectivity index is 1.98. The highest BCUT2D eigenvalue weighted by molar-refractivity contribution is 9.09. The fourth-order valence-corrected chi connectivity index (χ4v) is 2.46. The van der Waals surface area contributed by atoms with Crippen LogP contribution in [-0.4, -0.2) is 42.6 Å². The summed E-state index contributed by atoms with van der Waals surface area (Å²) in [6, 6.07) is 0. The van der Waals surface area contributed by atoms with Gasteiger partial charge in [0.05, 0.1) is 12.7 Å². The van der Waals surface area contributed by atoms with Crippen molar-refractivity contribution in [2.75, 3.05) is 31.6 Å². The van der Waals surface area contributed by atoms with E-state index < -0.39 is 0 Å². The van der Waals surface area contributed by atoms with Crippen molar-refractivity contribution < 1.29 is 4.74 Å². The lowest BCUT2D eigenvalue weighted by molar-refractivity contribution is 0.0156. The molecule has 0 atom stereocenters. The molecule has 3 heteroatoms. The Morgan fingerprint density at radius 1 is 1.19 bits per heavy atom. The van der Waals surface area contributed by atoms with Gasteiger partial charge in [-0.3, -0.25) is 0 Å². The lowest BCUT2D eigenvalue weighted by Crippen LogP contribution is -2.37. The molecule has 0 spiro atoms. The summed E-state index contributed by atoms with van der Waals surface area (Å²) in [5.41, 5.74) is 0. The number of ether oxygens (including phenoxy) is 1. The van der Waals surface area contributed by atoms with Crippen LogP contribution in [0.15, 0.2) is 0 Å². The maximum Gasteiger partial charge on any atom is 0.0599 e. The van der Waals surface area contributed by atoms with Crippen molar-refractivity contribution in [2.24, 2.45) is 0 Å². The van der Waals surface area contributed by atoms with Gasteiger partial charge in [-0.15, -0.1) is 0 Å². The van der Waals surface area contributed by atoms with Gasteiger partial charge in [-0.2, -0.15) is 0 Å². The molecule has 0 amide bonds. The summed E-state index contributed by atoms with van der Waals surface area (Å²) in [4.78, 5) is 2.60. The maximum absolute atomic E-state index is 5.75. The van der Waals surface area contributed by atoms with Crippen LogP contribution >= 0.6 is 15.9 Å². The molecule has 0 N–H and O–H groups in total. The Hall–Kier alpha value is 0.400. The van der Waals surface area contributed by atoms with Crippen molar-refractivity contribution in [1.82, 2.24) is 4.90 Å². The Morgan fingerprint density at radius 3 is 2.56 bits per heavy atom. The zero-order valence-electron chi connectivity index (χ0n) is 10.6. The van der Waals surface area contributed by atoms with Crippen LogP contribution in [0.4, 0.5) is 0 Å². The molecule has 0 aromatic heterocycles. The molecular weight excluding hydrogens is 266 g/mol. The average Bonchev–Trinajstić information content (AvgIpc) is 2.33. The van der Waals surface area contributed by atoms with E-state index in [0.29, 0.717) is 6.10 Å². The standard InChI is InChI=1S/C13H26BrNO/c1-2-3-4-5-9-15-10-6-13(7-11-15)16-12-8-14/h13H,2-12H2,1H3. The van der Waals surface area contributed by atoms with E-state index in [4.69, 9.17) is 4.74 Å². The van der Waals surface area contributed by atoms with Crippen molar-refractivity contribution >= 4 is 15.9 Å². The smallest absolute Gasteiger partial charge is 0.0599 e. The number of nitrogens with zero attached hydrogens (tertiary/aromatic N) is 1. The number of unbranched alkanes of at least 4 members (excludes halogenated alkanes) is 3. The molecule has 1 rings (SSSR count). The molecule has 1 aliphatic heterocycles. The summed E-state index contributed by atoms with van der Waals surface area (Å²) in [5.74, 6) is 0. The number of alkyl halides is 1. The highest BCUT2D eigenvalue weighted by atomic mass is 79.9. The van der Waals surface area contributed by atoms with E-state index in [0.717, 1.165) is 11.9 Å². The lowest BCUT2D eigenvalue weighted by Gasteiger charge is -2.31. The van der Waals surface area contributed by atoms with Crippen molar-refractivity contribution in [2.45, 2.75) is 51.6 Å². The second-order valence-electron chi connectivity index (χ2n) is 4.66.